The molecule has 1 aliphatic rings. The molecule has 0 aliphatic carbocycles. The third-order valence-corrected chi connectivity index (χ3v) is 6.79. The number of carbonyl (C=O) groups is 1. The highest BCUT2D eigenvalue weighted by Gasteiger charge is 2.29. The third-order valence-electron chi connectivity index (χ3n) is 4.66. The van der Waals surface area contributed by atoms with E-state index in [1.54, 1.807) is 13.0 Å². The average Bonchev–Trinajstić information content (AvgIpc) is 2.67. The third kappa shape index (κ3) is 4.10. The van der Waals surface area contributed by atoms with Crippen LogP contribution in [0.5, 0.6) is 0 Å². The van der Waals surface area contributed by atoms with Gasteiger partial charge in [0.1, 0.15) is 0 Å². The summed E-state index contributed by atoms with van der Waals surface area (Å²) in [6, 6.07) is 12.1. The van der Waals surface area contributed by atoms with Crippen LogP contribution in [0, 0.1) is 6.92 Å². The van der Waals surface area contributed by atoms with Gasteiger partial charge in [0.05, 0.1) is 17.6 Å². The Balaban J connectivity index is 1.78. The Hall–Kier alpha value is -2.09. The first kappa shape index (κ1) is 19.7. The monoisotopic (exact) mass is 408 g/mol. The zero-order valence-corrected chi connectivity index (χ0v) is 16.8. The number of piperazine rings is 1. The van der Waals surface area contributed by atoms with E-state index in [9.17, 15) is 13.2 Å². The molecule has 0 unspecified atom stereocenters. The highest BCUT2D eigenvalue weighted by atomic mass is 35.5. The summed E-state index contributed by atoms with van der Waals surface area (Å²) in [5.74, 6) is -0.546. The minimum Gasteiger partial charge on any atom is -0.465 e. The van der Waals surface area contributed by atoms with Gasteiger partial charge in [-0.1, -0.05) is 23.7 Å². The van der Waals surface area contributed by atoms with Crippen molar-refractivity contribution in [2.45, 2.75) is 11.8 Å². The first-order valence-corrected chi connectivity index (χ1v) is 10.3. The molecule has 6 nitrogen and oxygen atoms in total. The second kappa shape index (κ2) is 7.88. The minimum atomic E-state index is -3.68. The zero-order valence-electron chi connectivity index (χ0n) is 15.2. The van der Waals surface area contributed by atoms with Crippen molar-refractivity contribution in [2.24, 2.45) is 0 Å². The van der Waals surface area contributed by atoms with E-state index in [0.717, 1.165) is 5.69 Å². The maximum Gasteiger partial charge on any atom is 0.338 e. The number of nitrogens with zero attached hydrogens (tertiary/aromatic N) is 2. The van der Waals surface area contributed by atoms with Crippen LogP contribution in [-0.2, 0) is 14.8 Å². The van der Waals surface area contributed by atoms with Gasteiger partial charge >= 0.3 is 5.97 Å². The van der Waals surface area contributed by atoms with E-state index >= 15 is 0 Å². The van der Waals surface area contributed by atoms with E-state index in [-0.39, 0.29) is 10.5 Å². The number of benzene rings is 2. The number of methoxy groups -OCH3 is 1. The highest BCUT2D eigenvalue weighted by Crippen LogP contribution is 2.24. The molecule has 3 rings (SSSR count). The molecule has 0 atom stereocenters. The predicted molar refractivity (Wildman–Crippen MR) is 105 cm³/mol. The summed E-state index contributed by atoms with van der Waals surface area (Å²) in [6.45, 7) is 3.59. The van der Waals surface area contributed by atoms with Gasteiger partial charge in [0.2, 0.25) is 10.0 Å². The normalized spacial score (nSPS) is 15.6. The molecule has 0 N–H and O–H groups in total. The van der Waals surface area contributed by atoms with Crippen molar-refractivity contribution in [3.05, 3.63) is 58.6 Å². The van der Waals surface area contributed by atoms with Crippen molar-refractivity contribution in [1.82, 2.24) is 4.31 Å². The smallest absolute Gasteiger partial charge is 0.338 e. The van der Waals surface area contributed by atoms with E-state index in [4.69, 9.17) is 16.3 Å². The molecule has 2 aromatic carbocycles. The largest absolute Gasteiger partial charge is 0.465 e. The summed E-state index contributed by atoms with van der Waals surface area (Å²) >= 11 is 6.04. The Morgan fingerprint density at radius 3 is 2.41 bits per heavy atom. The molecule has 8 heteroatoms. The lowest BCUT2D eigenvalue weighted by molar-refractivity contribution is 0.0599. The lowest BCUT2D eigenvalue weighted by Crippen LogP contribution is -2.48. The molecule has 1 aliphatic heterocycles. The van der Waals surface area contributed by atoms with Crippen molar-refractivity contribution in [1.29, 1.82) is 0 Å². The summed E-state index contributed by atoms with van der Waals surface area (Å²) in [5.41, 5.74) is 1.91. The zero-order chi connectivity index (χ0) is 19.6. The van der Waals surface area contributed by atoms with Crippen molar-refractivity contribution < 1.29 is 17.9 Å². The highest BCUT2D eigenvalue weighted by molar-refractivity contribution is 7.89. The summed E-state index contributed by atoms with van der Waals surface area (Å²) in [6.07, 6.45) is 0. The predicted octanol–water partition coefficient (Wildman–Crippen LogP) is 2.95. The van der Waals surface area contributed by atoms with Crippen LogP contribution in [0.15, 0.2) is 47.4 Å². The maximum absolute atomic E-state index is 13.0. The average molecular weight is 409 g/mol. The summed E-state index contributed by atoms with van der Waals surface area (Å²) < 4.78 is 32.2. The van der Waals surface area contributed by atoms with Crippen molar-refractivity contribution in [2.75, 3.05) is 38.2 Å². The molecule has 0 aromatic heterocycles. The van der Waals surface area contributed by atoms with Crippen LogP contribution in [0.3, 0.4) is 0 Å². The van der Waals surface area contributed by atoms with Crippen LogP contribution in [0.4, 0.5) is 5.69 Å². The molecule has 0 radical (unpaired) electrons. The van der Waals surface area contributed by atoms with E-state index in [1.807, 2.05) is 24.3 Å². The first-order valence-electron chi connectivity index (χ1n) is 8.52. The van der Waals surface area contributed by atoms with Gasteiger partial charge in [-0.25, -0.2) is 13.2 Å². The number of hydrogen-bond acceptors (Lipinski definition) is 5. The Morgan fingerprint density at radius 2 is 1.78 bits per heavy atom. The lowest BCUT2D eigenvalue weighted by Gasteiger charge is -2.35. The van der Waals surface area contributed by atoms with E-state index in [0.29, 0.717) is 36.8 Å². The number of sulfonamides is 1. The minimum absolute atomic E-state index is 0.102. The topological polar surface area (TPSA) is 66.9 Å². The second-order valence-corrected chi connectivity index (χ2v) is 8.71. The molecule has 1 saturated heterocycles. The number of anilines is 1. The SMILES string of the molecule is COC(=O)c1cc(S(=O)(=O)N2CCN(c3cccc(Cl)c3)CC2)ccc1C. The molecule has 1 fully saturated rings. The molecule has 27 heavy (non-hydrogen) atoms. The molecule has 0 bridgehead atoms. The second-order valence-electron chi connectivity index (χ2n) is 6.34. The summed E-state index contributed by atoms with van der Waals surface area (Å²) in [7, 11) is -2.41. The summed E-state index contributed by atoms with van der Waals surface area (Å²) in [5, 5.41) is 0.651. The first-order chi connectivity index (χ1) is 12.8. The van der Waals surface area contributed by atoms with E-state index in [2.05, 4.69) is 4.90 Å². The van der Waals surface area contributed by atoms with Crippen LogP contribution in [-0.4, -0.2) is 52.0 Å². The fraction of sp³-hybridized carbons (Fsp3) is 0.316. The van der Waals surface area contributed by atoms with Crippen LogP contribution in [0.1, 0.15) is 15.9 Å². The van der Waals surface area contributed by atoms with Gasteiger partial charge in [-0.2, -0.15) is 4.31 Å². The maximum atomic E-state index is 13.0. The Bertz CT molecular complexity index is 954. The van der Waals surface area contributed by atoms with Crippen molar-refractivity contribution >= 4 is 33.3 Å². The van der Waals surface area contributed by atoms with E-state index < -0.39 is 16.0 Å². The van der Waals surface area contributed by atoms with Crippen molar-refractivity contribution in [3.8, 4) is 0 Å². The molecule has 0 spiro atoms. The fourth-order valence-corrected chi connectivity index (χ4v) is 4.73. The van der Waals surface area contributed by atoms with Crippen LogP contribution >= 0.6 is 11.6 Å². The molecule has 1 heterocycles. The number of carbonyl (C=O) groups excluding carboxylic acids is 1. The number of hydrogen-bond donors (Lipinski definition) is 0. The Kier molecular flexibility index (Phi) is 5.74. The van der Waals surface area contributed by atoms with Crippen LogP contribution < -0.4 is 4.90 Å². The van der Waals surface area contributed by atoms with Gasteiger partial charge in [-0.3, -0.25) is 0 Å². The molecular formula is C19H21ClN2O4S. The number of ether oxygens (including phenoxy) is 1. The van der Waals surface area contributed by atoms with Crippen LogP contribution in [0.25, 0.3) is 0 Å². The summed E-state index contributed by atoms with van der Waals surface area (Å²) in [4.78, 5) is 14.1. The molecule has 0 saturated carbocycles. The van der Waals surface area contributed by atoms with Gasteiger partial charge in [0.15, 0.2) is 0 Å². The quantitative estimate of drug-likeness (QED) is 0.727. The number of halogens is 1. The molecular weight excluding hydrogens is 388 g/mol. The fourth-order valence-electron chi connectivity index (χ4n) is 3.10. The molecule has 144 valence electrons. The number of esters is 1. The van der Waals surface area contributed by atoms with Gasteiger partial charge in [0, 0.05) is 36.9 Å². The Morgan fingerprint density at radius 1 is 1.07 bits per heavy atom. The lowest BCUT2D eigenvalue weighted by atomic mass is 10.1. The van der Waals surface area contributed by atoms with Crippen molar-refractivity contribution in [3.63, 3.8) is 0 Å². The standard InChI is InChI=1S/C19H21ClN2O4S/c1-14-6-7-17(13-18(14)19(23)26-2)27(24,25)22-10-8-21(9-11-22)16-5-3-4-15(20)12-16/h3-7,12-13H,8-11H2,1-2H3. The number of aryl methyl sites for hydroxylation is 1. The van der Waals surface area contributed by atoms with Gasteiger partial charge in [-0.15, -0.1) is 0 Å². The van der Waals surface area contributed by atoms with E-state index in [1.165, 1.54) is 23.5 Å². The van der Waals surface area contributed by atoms with Crippen LogP contribution in [0.2, 0.25) is 5.02 Å². The molecule has 0 amide bonds. The van der Waals surface area contributed by atoms with Gasteiger partial charge in [-0.05, 0) is 42.8 Å². The van der Waals surface area contributed by atoms with Gasteiger partial charge in [0.25, 0.3) is 0 Å². The number of rotatable bonds is 4. The Labute approximate surface area is 164 Å². The molecule has 2 aromatic rings. The van der Waals surface area contributed by atoms with Gasteiger partial charge < -0.3 is 9.64 Å².